The van der Waals surface area contributed by atoms with Gasteiger partial charge in [-0.25, -0.2) is 8.42 Å². The first-order chi connectivity index (χ1) is 4.48. The largest absolute Gasteiger partial charge is 0.452 e. The first-order valence-corrected chi connectivity index (χ1v) is 4.86. The van der Waals surface area contributed by atoms with E-state index in [2.05, 4.69) is 0 Å². The molecule has 0 aliphatic heterocycles. The van der Waals surface area contributed by atoms with Crippen LogP contribution >= 0.6 is 0 Å². The SMILES string of the molecule is CCS(=O)(=O)CCB(O)O. The van der Waals surface area contributed by atoms with Crippen LogP contribution in [-0.4, -0.2) is 37.1 Å². The highest BCUT2D eigenvalue weighted by Gasteiger charge is 2.13. The molecule has 0 radical (unpaired) electrons. The van der Waals surface area contributed by atoms with Gasteiger partial charge in [0.15, 0.2) is 0 Å². The van der Waals surface area contributed by atoms with E-state index in [0.29, 0.717) is 0 Å². The van der Waals surface area contributed by atoms with Gasteiger partial charge in [0.1, 0.15) is 9.84 Å². The summed E-state index contributed by atoms with van der Waals surface area (Å²) in [6, 6.07) is 0. The van der Waals surface area contributed by atoms with Gasteiger partial charge in [0.25, 0.3) is 0 Å². The summed E-state index contributed by atoms with van der Waals surface area (Å²) in [6.07, 6.45) is -0.101. The lowest BCUT2D eigenvalue weighted by Crippen LogP contribution is -2.18. The zero-order chi connectivity index (χ0) is 8.20. The molecule has 0 aromatic heterocycles. The Bertz CT molecular complexity index is 174. The van der Waals surface area contributed by atoms with Crippen LogP contribution in [0.5, 0.6) is 0 Å². The van der Waals surface area contributed by atoms with Crippen LogP contribution < -0.4 is 0 Å². The molecule has 4 nitrogen and oxygen atoms in total. The Kier molecular flexibility index (Phi) is 3.92. The van der Waals surface area contributed by atoms with Crippen molar-refractivity contribution in [2.45, 2.75) is 13.2 Å². The van der Waals surface area contributed by atoms with E-state index >= 15 is 0 Å². The molecule has 60 valence electrons. The van der Waals surface area contributed by atoms with Gasteiger partial charge in [0, 0.05) is 11.5 Å². The topological polar surface area (TPSA) is 74.6 Å². The molecule has 10 heavy (non-hydrogen) atoms. The maximum absolute atomic E-state index is 10.7. The standard InChI is InChI=1S/C4H11BO4S/c1-2-10(8,9)4-3-5(6)7/h6-7H,2-4H2,1H3. The first-order valence-electron chi connectivity index (χ1n) is 3.04. The quantitative estimate of drug-likeness (QED) is 0.519. The minimum Gasteiger partial charge on any atom is -0.427 e. The molecule has 0 rings (SSSR count). The Hall–Kier alpha value is -0.0651. The van der Waals surface area contributed by atoms with E-state index in [1.165, 1.54) is 6.92 Å². The Morgan fingerprint density at radius 2 is 1.90 bits per heavy atom. The summed E-state index contributed by atoms with van der Waals surface area (Å²) in [4.78, 5) is 0. The van der Waals surface area contributed by atoms with Crippen LogP contribution in [0.3, 0.4) is 0 Å². The Labute approximate surface area is 60.9 Å². The van der Waals surface area contributed by atoms with Gasteiger partial charge in [-0.3, -0.25) is 0 Å². The third-order valence-electron chi connectivity index (χ3n) is 1.13. The normalized spacial score (nSPS) is 11.5. The van der Waals surface area contributed by atoms with E-state index in [1.54, 1.807) is 0 Å². The number of hydrogen-bond donors (Lipinski definition) is 2. The zero-order valence-corrected chi connectivity index (χ0v) is 6.63. The monoisotopic (exact) mass is 166 g/mol. The number of hydrogen-bond acceptors (Lipinski definition) is 4. The number of rotatable bonds is 4. The molecule has 0 heterocycles. The fraction of sp³-hybridized carbons (Fsp3) is 1.00. The van der Waals surface area contributed by atoms with Crippen molar-refractivity contribution in [3.8, 4) is 0 Å². The molecule has 2 N–H and O–H groups in total. The summed E-state index contributed by atoms with van der Waals surface area (Å²) >= 11 is 0. The van der Waals surface area contributed by atoms with Crippen molar-refractivity contribution >= 4 is 17.0 Å². The molecular formula is C4H11BO4S. The molecule has 0 aliphatic rings. The summed E-state index contributed by atoms with van der Waals surface area (Å²) in [6.45, 7) is 1.53. The van der Waals surface area contributed by atoms with Crippen molar-refractivity contribution in [3.05, 3.63) is 0 Å². The molecule has 0 aromatic carbocycles. The van der Waals surface area contributed by atoms with Gasteiger partial charge in [0.2, 0.25) is 0 Å². The molecule has 0 amide bonds. The predicted octanol–water partition coefficient (Wildman–Crippen LogP) is -1.11. The third-order valence-corrected chi connectivity index (χ3v) is 2.86. The summed E-state index contributed by atoms with van der Waals surface area (Å²) in [7, 11) is -4.55. The minimum atomic E-state index is -3.03. The molecule has 0 fully saturated rings. The number of sulfone groups is 1. The van der Waals surface area contributed by atoms with Crippen molar-refractivity contribution in [2.75, 3.05) is 11.5 Å². The lowest BCUT2D eigenvalue weighted by atomic mass is 9.88. The van der Waals surface area contributed by atoms with Gasteiger partial charge in [-0.15, -0.1) is 0 Å². The Balaban J connectivity index is 3.70. The molecule has 0 saturated carbocycles. The van der Waals surface area contributed by atoms with Crippen LogP contribution in [0.4, 0.5) is 0 Å². The van der Waals surface area contributed by atoms with Crippen LogP contribution in [0.1, 0.15) is 6.92 Å². The molecule has 0 saturated heterocycles. The highest BCUT2D eigenvalue weighted by atomic mass is 32.2. The predicted molar refractivity (Wildman–Crippen MR) is 39.3 cm³/mol. The van der Waals surface area contributed by atoms with Gasteiger partial charge in [-0.2, -0.15) is 0 Å². The molecule has 0 aromatic rings. The van der Waals surface area contributed by atoms with E-state index < -0.39 is 17.0 Å². The maximum Gasteiger partial charge on any atom is 0.452 e. The fourth-order valence-electron chi connectivity index (χ4n) is 0.429. The smallest absolute Gasteiger partial charge is 0.427 e. The molecule has 0 atom stereocenters. The van der Waals surface area contributed by atoms with Crippen molar-refractivity contribution in [1.82, 2.24) is 0 Å². The van der Waals surface area contributed by atoms with E-state index in [1.807, 2.05) is 0 Å². The summed E-state index contributed by atoms with van der Waals surface area (Å²) in [5.41, 5.74) is 0. The molecule has 6 heteroatoms. The molecular weight excluding hydrogens is 155 g/mol. The molecule has 0 bridgehead atoms. The molecule has 0 unspecified atom stereocenters. The highest BCUT2D eigenvalue weighted by molar-refractivity contribution is 7.91. The van der Waals surface area contributed by atoms with Gasteiger partial charge in [-0.05, 0) is 6.32 Å². The Morgan fingerprint density at radius 3 is 2.20 bits per heavy atom. The van der Waals surface area contributed by atoms with Crippen molar-refractivity contribution < 1.29 is 18.5 Å². The van der Waals surface area contributed by atoms with Gasteiger partial charge in [-0.1, -0.05) is 6.92 Å². The van der Waals surface area contributed by atoms with Gasteiger partial charge < -0.3 is 10.0 Å². The van der Waals surface area contributed by atoms with E-state index in [4.69, 9.17) is 10.0 Å². The second-order valence-corrected chi connectivity index (χ2v) is 4.48. The first kappa shape index (κ1) is 9.93. The average molecular weight is 166 g/mol. The third kappa shape index (κ3) is 4.78. The van der Waals surface area contributed by atoms with Crippen molar-refractivity contribution in [3.63, 3.8) is 0 Å². The lowest BCUT2D eigenvalue weighted by molar-refractivity contribution is 0.408. The zero-order valence-electron chi connectivity index (χ0n) is 5.82. The lowest BCUT2D eigenvalue weighted by Gasteiger charge is -1.98. The van der Waals surface area contributed by atoms with E-state index in [-0.39, 0.29) is 17.8 Å². The molecule has 0 spiro atoms. The maximum atomic E-state index is 10.7. The second kappa shape index (κ2) is 3.95. The minimum absolute atomic E-state index is 0.0553. The summed E-state index contributed by atoms with van der Waals surface area (Å²) in [5, 5.41) is 16.6. The van der Waals surface area contributed by atoms with Crippen molar-refractivity contribution in [2.24, 2.45) is 0 Å². The van der Waals surface area contributed by atoms with Crippen LogP contribution in [0.25, 0.3) is 0 Å². The van der Waals surface area contributed by atoms with Crippen molar-refractivity contribution in [1.29, 1.82) is 0 Å². The van der Waals surface area contributed by atoms with Gasteiger partial charge >= 0.3 is 7.12 Å². The van der Waals surface area contributed by atoms with E-state index in [9.17, 15) is 8.42 Å². The van der Waals surface area contributed by atoms with E-state index in [0.717, 1.165) is 0 Å². The highest BCUT2D eigenvalue weighted by Crippen LogP contribution is 1.94. The van der Waals surface area contributed by atoms with Crippen LogP contribution in [0.15, 0.2) is 0 Å². The molecule has 0 aliphatic carbocycles. The average Bonchev–Trinajstić information content (AvgIpc) is 1.85. The van der Waals surface area contributed by atoms with Crippen LogP contribution in [0, 0.1) is 0 Å². The summed E-state index contributed by atoms with van der Waals surface area (Å²) < 4.78 is 21.4. The fourth-order valence-corrected chi connectivity index (χ4v) is 1.29. The van der Waals surface area contributed by atoms with Crippen LogP contribution in [-0.2, 0) is 9.84 Å². The Morgan fingerprint density at radius 1 is 1.40 bits per heavy atom. The van der Waals surface area contributed by atoms with Gasteiger partial charge in [0.05, 0.1) is 0 Å². The second-order valence-electron chi connectivity index (χ2n) is 2.01. The summed E-state index contributed by atoms with van der Waals surface area (Å²) in [5.74, 6) is -0.0963. The van der Waals surface area contributed by atoms with Crippen LogP contribution in [0.2, 0.25) is 6.32 Å².